The molecular weight excluding hydrogens is 394 g/mol. The van der Waals surface area contributed by atoms with Crippen LogP contribution in [0.2, 0.25) is 0 Å². The van der Waals surface area contributed by atoms with Crippen LogP contribution in [-0.2, 0) is 12.0 Å². The summed E-state index contributed by atoms with van der Waals surface area (Å²) in [4.78, 5) is 8.76. The number of aromatic amines is 1. The second kappa shape index (κ2) is 8.01. The van der Waals surface area contributed by atoms with Gasteiger partial charge in [-0.1, -0.05) is 43.0 Å². The molecule has 156 valence electrons. The number of aromatic nitrogens is 1. The van der Waals surface area contributed by atoms with E-state index in [0.717, 1.165) is 50.5 Å². The third-order valence-electron chi connectivity index (χ3n) is 6.66. The van der Waals surface area contributed by atoms with Gasteiger partial charge < -0.3 is 14.6 Å². The third-order valence-corrected chi connectivity index (χ3v) is 6.97. The molecule has 0 amide bonds. The Labute approximate surface area is 183 Å². The van der Waals surface area contributed by atoms with Crippen molar-refractivity contribution >= 4 is 22.5 Å². The number of rotatable bonds is 6. The van der Waals surface area contributed by atoms with E-state index < -0.39 is 0 Å². The van der Waals surface area contributed by atoms with E-state index >= 15 is 0 Å². The van der Waals surface area contributed by atoms with Crippen LogP contribution in [0.3, 0.4) is 0 Å². The van der Waals surface area contributed by atoms with Crippen LogP contribution in [0, 0.1) is 0 Å². The van der Waals surface area contributed by atoms with Crippen molar-refractivity contribution in [2.45, 2.75) is 18.4 Å². The molecule has 2 aromatic carbocycles. The van der Waals surface area contributed by atoms with Crippen molar-refractivity contribution < 1.29 is 4.74 Å². The van der Waals surface area contributed by atoms with Gasteiger partial charge in [-0.3, -0.25) is 4.90 Å². The SMILES string of the molecule is C=C(CCl)N1CCc2c([nH]c3ccccc23)C12CCN(CCOc1ccccc1)C2. The van der Waals surface area contributed by atoms with E-state index in [2.05, 4.69) is 45.6 Å². The van der Waals surface area contributed by atoms with E-state index in [9.17, 15) is 0 Å². The van der Waals surface area contributed by atoms with Crippen LogP contribution in [0.15, 0.2) is 66.9 Å². The van der Waals surface area contributed by atoms with Crippen molar-refractivity contribution in [2.75, 3.05) is 38.7 Å². The minimum absolute atomic E-state index is 0.0919. The summed E-state index contributed by atoms with van der Waals surface area (Å²) in [5, 5.41) is 1.36. The molecule has 3 heterocycles. The largest absolute Gasteiger partial charge is 0.492 e. The summed E-state index contributed by atoms with van der Waals surface area (Å²) in [6, 6.07) is 18.7. The molecule has 5 heteroatoms. The molecule has 1 atom stereocenters. The van der Waals surface area contributed by atoms with Crippen LogP contribution in [-0.4, -0.2) is 53.4 Å². The number of ether oxygens (including phenoxy) is 1. The zero-order chi connectivity index (χ0) is 20.6. The minimum atomic E-state index is -0.0919. The number of likely N-dealkylation sites (tertiary alicyclic amines) is 1. The van der Waals surface area contributed by atoms with E-state index in [1.54, 1.807) is 0 Å². The molecule has 0 saturated carbocycles. The number of hydrogen-bond donors (Lipinski definition) is 1. The topological polar surface area (TPSA) is 31.5 Å². The van der Waals surface area contributed by atoms with Crippen LogP contribution in [0.1, 0.15) is 17.7 Å². The van der Waals surface area contributed by atoms with Crippen LogP contribution in [0.4, 0.5) is 0 Å². The Kier molecular flexibility index (Phi) is 5.21. The van der Waals surface area contributed by atoms with Gasteiger partial charge in [0.1, 0.15) is 12.4 Å². The average Bonchev–Trinajstić information content (AvgIpc) is 3.37. The average molecular weight is 422 g/mol. The first kappa shape index (κ1) is 19.5. The zero-order valence-electron chi connectivity index (χ0n) is 17.2. The number of para-hydroxylation sites is 2. The van der Waals surface area contributed by atoms with Crippen molar-refractivity contribution in [3.63, 3.8) is 0 Å². The van der Waals surface area contributed by atoms with Gasteiger partial charge in [0, 0.05) is 48.5 Å². The van der Waals surface area contributed by atoms with Gasteiger partial charge in [0.2, 0.25) is 0 Å². The molecule has 5 rings (SSSR count). The predicted molar refractivity (Wildman–Crippen MR) is 123 cm³/mol. The Morgan fingerprint density at radius 2 is 1.90 bits per heavy atom. The number of halogens is 1. The van der Waals surface area contributed by atoms with Crippen LogP contribution in [0.25, 0.3) is 10.9 Å². The number of allylic oxidation sites excluding steroid dienone is 1. The highest BCUT2D eigenvalue weighted by Crippen LogP contribution is 2.46. The van der Waals surface area contributed by atoms with E-state index in [4.69, 9.17) is 16.3 Å². The first-order chi connectivity index (χ1) is 14.7. The minimum Gasteiger partial charge on any atom is -0.492 e. The molecule has 1 N–H and O–H groups in total. The van der Waals surface area contributed by atoms with Crippen molar-refractivity contribution in [3.8, 4) is 5.75 Å². The smallest absolute Gasteiger partial charge is 0.119 e. The lowest BCUT2D eigenvalue weighted by Gasteiger charge is -2.47. The zero-order valence-corrected chi connectivity index (χ0v) is 18.0. The Hall–Kier alpha value is -2.43. The summed E-state index contributed by atoms with van der Waals surface area (Å²) < 4.78 is 5.95. The van der Waals surface area contributed by atoms with E-state index in [-0.39, 0.29) is 5.54 Å². The highest BCUT2D eigenvalue weighted by molar-refractivity contribution is 6.19. The van der Waals surface area contributed by atoms with Gasteiger partial charge in [0.25, 0.3) is 0 Å². The van der Waals surface area contributed by atoms with Gasteiger partial charge in [-0.2, -0.15) is 0 Å². The monoisotopic (exact) mass is 421 g/mol. The number of hydrogen-bond acceptors (Lipinski definition) is 3. The maximum absolute atomic E-state index is 6.26. The summed E-state index contributed by atoms with van der Waals surface area (Å²) in [6.07, 6.45) is 2.09. The maximum Gasteiger partial charge on any atom is 0.119 e. The predicted octanol–water partition coefficient (Wildman–Crippen LogP) is 4.76. The van der Waals surface area contributed by atoms with Crippen molar-refractivity contribution in [1.29, 1.82) is 0 Å². The highest BCUT2D eigenvalue weighted by atomic mass is 35.5. The molecule has 0 aliphatic carbocycles. The molecule has 1 fully saturated rings. The summed E-state index contributed by atoms with van der Waals surface area (Å²) >= 11 is 6.26. The lowest BCUT2D eigenvalue weighted by atomic mass is 9.83. The fraction of sp³-hybridized carbons (Fsp3) is 0.360. The summed E-state index contributed by atoms with van der Waals surface area (Å²) in [5.74, 6) is 1.40. The summed E-state index contributed by atoms with van der Waals surface area (Å²) in [7, 11) is 0. The molecular formula is C25H28ClN3O. The number of nitrogens with one attached hydrogen (secondary N) is 1. The van der Waals surface area contributed by atoms with Gasteiger partial charge in [-0.15, -0.1) is 11.6 Å². The van der Waals surface area contributed by atoms with Crippen molar-refractivity contribution in [1.82, 2.24) is 14.8 Å². The molecule has 30 heavy (non-hydrogen) atoms. The summed E-state index contributed by atoms with van der Waals surface area (Å²) in [5.41, 5.74) is 4.97. The van der Waals surface area contributed by atoms with Gasteiger partial charge in [-0.05, 0) is 36.6 Å². The molecule has 2 aliphatic rings. The lowest BCUT2D eigenvalue weighted by Crippen LogP contribution is -2.52. The second-order valence-electron chi connectivity index (χ2n) is 8.34. The molecule has 1 saturated heterocycles. The molecule has 0 bridgehead atoms. The Morgan fingerprint density at radius 3 is 2.73 bits per heavy atom. The number of nitrogens with zero attached hydrogens (tertiary/aromatic N) is 2. The number of alkyl halides is 1. The molecule has 1 aromatic heterocycles. The fourth-order valence-corrected chi connectivity index (χ4v) is 5.40. The maximum atomic E-state index is 6.26. The van der Waals surface area contributed by atoms with E-state index in [0.29, 0.717) is 12.5 Å². The summed E-state index contributed by atoms with van der Waals surface area (Å²) in [6.45, 7) is 8.87. The second-order valence-corrected chi connectivity index (χ2v) is 8.61. The normalized spacial score (nSPS) is 21.3. The van der Waals surface area contributed by atoms with Gasteiger partial charge >= 0.3 is 0 Å². The van der Waals surface area contributed by atoms with Crippen LogP contribution >= 0.6 is 11.6 Å². The molecule has 0 radical (unpaired) electrons. The van der Waals surface area contributed by atoms with Gasteiger partial charge in [-0.25, -0.2) is 0 Å². The van der Waals surface area contributed by atoms with E-state index in [1.165, 1.54) is 22.2 Å². The lowest BCUT2D eigenvalue weighted by molar-refractivity contribution is 0.112. The third kappa shape index (κ3) is 3.28. The Balaban J connectivity index is 1.41. The van der Waals surface area contributed by atoms with Crippen LogP contribution in [0.5, 0.6) is 5.75 Å². The van der Waals surface area contributed by atoms with E-state index in [1.807, 2.05) is 30.3 Å². The number of fused-ring (bicyclic) bond motifs is 4. The molecule has 3 aromatic rings. The van der Waals surface area contributed by atoms with Crippen LogP contribution < -0.4 is 4.74 Å². The standard InChI is InChI=1S/C25H28ClN3O/c1-19(17-26)29-13-11-22-21-9-5-6-10-23(21)27-24(22)25(29)12-14-28(18-25)15-16-30-20-7-3-2-4-8-20/h2-10,27H,1,11-18H2. The van der Waals surface area contributed by atoms with Crippen molar-refractivity contribution in [3.05, 3.63) is 78.1 Å². The number of benzene rings is 2. The first-order valence-corrected chi connectivity index (χ1v) is 11.3. The molecule has 1 unspecified atom stereocenters. The first-order valence-electron chi connectivity index (χ1n) is 10.7. The number of H-pyrrole nitrogens is 1. The Morgan fingerprint density at radius 1 is 1.10 bits per heavy atom. The van der Waals surface area contributed by atoms with Gasteiger partial charge in [0.05, 0.1) is 11.4 Å². The fourth-order valence-electron chi connectivity index (χ4n) is 5.26. The molecule has 1 spiro atoms. The van der Waals surface area contributed by atoms with Gasteiger partial charge in [0.15, 0.2) is 0 Å². The molecule has 4 nitrogen and oxygen atoms in total. The van der Waals surface area contributed by atoms with Crippen molar-refractivity contribution in [2.24, 2.45) is 0 Å². The quantitative estimate of drug-likeness (QED) is 0.582. The highest BCUT2D eigenvalue weighted by Gasteiger charge is 2.49. The Bertz CT molecular complexity index is 1050. The molecule has 2 aliphatic heterocycles.